The molecule has 0 atom stereocenters. The molecule has 0 aliphatic carbocycles. The van der Waals surface area contributed by atoms with Gasteiger partial charge in [-0.15, -0.1) is 0 Å². The van der Waals surface area contributed by atoms with Crippen molar-refractivity contribution in [3.8, 4) is 11.8 Å². The van der Waals surface area contributed by atoms with E-state index in [1.807, 2.05) is 28.7 Å². The molecule has 14 heavy (non-hydrogen) atoms. The number of carbonyl (C=O) groups excluding carboxylic acids is 1. The lowest BCUT2D eigenvalue weighted by Gasteiger charge is -2.04. The monoisotopic (exact) mass is 365 g/mol. The van der Waals surface area contributed by atoms with Gasteiger partial charge in [0.05, 0.1) is 16.5 Å². The molecular formula is C9H5BrINO2. The number of alkyl halides is 1. The third kappa shape index (κ3) is 2.25. The SMILES string of the molecule is N#Cc1cc(I)cc(O)c1C(=O)CBr. The van der Waals surface area contributed by atoms with Gasteiger partial charge in [-0.1, -0.05) is 15.9 Å². The van der Waals surface area contributed by atoms with Crippen LogP contribution in [0.3, 0.4) is 0 Å². The molecule has 5 heteroatoms. The van der Waals surface area contributed by atoms with Crippen LogP contribution >= 0.6 is 38.5 Å². The number of halogens is 2. The van der Waals surface area contributed by atoms with Gasteiger partial charge in [-0.25, -0.2) is 0 Å². The van der Waals surface area contributed by atoms with Crippen LogP contribution in [0.25, 0.3) is 0 Å². The summed E-state index contributed by atoms with van der Waals surface area (Å²) in [5.41, 5.74) is 0.295. The van der Waals surface area contributed by atoms with Crippen LogP contribution in [0.5, 0.6) is 5.75 Å². The van der Waals surface area contributed by atoms with Gasteiger partial charge in [0.2, 0.25) is 0 Å². The molecule has 0 bridgehead atoms. The summed E-state index contributed by atoms with van der Waals surface area (Å²) >= 11 is 4.97. The quantitative estimate of drug-likeness (QED) is 0.497. The fourth-order valence-corrected chi connectivity index (χ4v) is 1.93. The average molecular weight is 366 g/mol. The highest BCUT2D eigenvalue weighted by Crippen LogP contribution is 2.25. The van der Waals surface area contributed by atoms with Crippen LogP contribution in [-0.2, 0) is 0 Å². The standard InChI is InChI=1S/C9H5BrINO2/c10-3-8(14)9-5(4-12)1-6(11)2-7(9)13/h1-2,13H,3H2. The molecular weight excluding hydrogens is 361 g/mol. The van der Waals surface area contributed by atoms with Crippen molar-refractivity contribution < 1.29 is 9.90 Å². The Bertz CT molecular complexity index is 426. The summed E-state index contributed by atoms with van der Waals surface area (Å²) in [7, 11) is 0. The van der Waals surface area contributed by atoms with Crippen LogP contribution < -0.4 is 0 Å². The fourth-order valence-electron chi connectivity index (χ4n) is 1.04. The minimum atomic E-state index is -0.296. The number of aromatic hydroxyl groups is 1. The number of ketones is 1. The van der Waals surface area contributed by atoms with Crippen LogP contribution in [0, 0.1) is 14.9 Å². The van der Waals surface area contributed by atoms with Crippen molar-refractivity contribution in [2.45, 2.75) is 0 Å². The van der Waals surface area contributed by atoms with Crippen molar-refractivity contribution >= 4 is 44.3 Å². The maximum Gasteiger partial charge on any atom is 0.178 e. The molecule has 1 N–H and O–H groups in total. The predicted molar refractivity (Wildman–Crippen MR) is 63.7 cm³/mol. The molecule has 3 nitrogen and oxygen atoms in total. The molecule has 1 aromatic rings. The molecule has 0 aliphatic rings. The van der Waals surface area contributed by atoms with Gasteiger partial charge in [0.15, 0.2) is 5.78 Å². The van der Waals surface area contributed by atoms with Crippen molar-refractivity contribution in [3.05, 3.63) is 26.8 Å². The Morgan fingerprint density at radius 2 is 2.29 bits per heavy atom. The van der Waals surface area contributed by atoms with Gasteiger partial charge in [-0.3, -0.25) is 4.79 Å². The van der Waals surface area contributed by atoms with E-state index in [-0.39, 0.29) is 28.0 Å². The van der Waals surface area contributed by atoms with Crippen LogP contribution in [0.1, 0.15) is 15.9 Å². The fraction of sp³-hybridized carbons (Fsp3) is 0.111. The smallest absolute Gasteiger partial charge is 0.178 e. The number of carbonyl (C=O) groups is 1. The van der Waals surface area contributed by atoms with E-state index in [4.69, 9.17) is 5.26 Å². The first kappa shape index (κ1) is 11.5. The minimum absolute atomic E-state index is 0.0878. The first-order valence-corrected chi connectivity index (χ1v) is 5.82. The lowest BCUT2D eigenvalue weighted by molar-refractivity contribution is 0.102. The van der Waals surface area contributed by atoms with Crippen molar-refractivity contribution in [3.63, 3.8) is 0 Å². The number of hydrogen-bond acceptors (Lipinski definition) is 3. The van der Waals surface area contributed by atoms with E-state index < -0.39 is 0 Å². The molecule has 0 amide bonds. The highest BCUT2D eigenvalue weighted by molar-refractivity contribution is 14.1. The minimum Gasteiger partial charge on any atom is -0.507 e. The zero-order valence-corrected chi connectivity index (χ0v) is 10.7. The van der Waals surface area contributed by atoms with E-state index in [0.29, 0.717) is 0 Å². The van der Waals surface area contributed by atoms with Crippen LogP contribution in [-0.4, -0.2) is 16.2 Å². The number of hydrogen-bond donors (Lipinski definition) is 1. The largest absolute Gasteiger partial charge is 0.507 e. The molecule has 1 aromatic carbocycles. The predicted octanol–water partition coefficient (Wildman–Crippen LogP) is 2.45. The summed E-state index contributed by atoms with van der Waals surface area (Å²) in [6.45, 7) is 0. The van der Waals surface area contributed by atoms with E-state index in [2.05, 4.69) is 15.9 Å². The Kier molecular flexibility index (Phi) is 3.89. The topological polar surface area (TPSA) is 61.1 Å². The number of nitrogens with zero attached hydrogens (tertiary/aromatic N) is 1. The van der Waals surface area contributed by atoms with Crippen molar-refractivity contribution in [2.24, 2.45) is 0 Å². The van der Waals surface area contributed by atoms with Crippen molar-refractivity contribution in [2.75, 3.05) is 5.33 Å². The van der Waals surface area contributed by atoms with E-state index in [1.165, 1.54) is 6.07 Å². The number of rotatable bonds is 2. The normalized spacial score (nSPS) is 9.50. The highest BCUT2D eigenvalue weighted by Gasteiger charge is 2.15. The van der Waals surface area contributed by atoms with Gasteiger partial charge in [-0.2, -0.15) is 5.26 Å². The highest BCUT2D eigenvalue weighted by atomic mass is 127. The second kappa shape index (κ2) is 4.75. The Balaban J connectivity index is 3.42. The number of phenolic OH excluding ortho intramolecular Hbond substituents is 1. The lowest BCUT2D eigenvalue weighted by atomic mass is 10.0. The molecule has 0 saturated heterocycles. The van der Waals surface area contributed by atoms with E-state index in [0.717, 1.165) is 3.57 Å². The maximum atomic E-state index is 11.4. The second-order valence-corrected chi connectivity index (χ2v) is 4.32. The van der Waals surface area contributed by atoms with Gasteiger partial charge in [0.1, 0.15) is 11.8 Å². The molecule has 0 heterocycles. The van der Waals surface area contributed by atoms with Gasteiger partial charge in [0, 0.05) is 3.57 Å². The number of Topliss-reactive ketones (excluding diaryl/α,β-unsaturated/α-hetero) is 1. The summed E-state index contributed by atoms with van der Waals surface area (Å²) in [5.74, 6) is -0.437. The summed E-state index contributed by atoms with van der Waals surface area (Å²) in [4.78, 5) is 11.4. The summed E-state index contributed by atoms with van der Waals surface area (Å²) in [5, 5.41) is 18.4. The van der Waals surface area contributed by atoms with Crippen LogP contribution in [0.4, 0.5) is 0 Å². The van der Waals surface area contributed by atoms with Crippen LogP contribution in [0.15, 0.2) is 12.1 Å². The molecule has 72 valence electrons. The van der Waals surface area contributed by atoms with Crippen LogP contribution in [0.2, 0.25) is 0 Å². The Labute approximate surface area is 103 Å². The third-order valence-electron chi connectivity index (χ3n) is 1.60. The Morgan fingerprint density at radius 1 is 1.64 bits per heavy atom. The van der Waals surface area contributed by atoms with E-state index >= 15 is 0 Å². The molecule has 0 aliphatic heterocycles. The Hall–Kier alpha value is -0.610. The summed E-state index contributed by atoms with van der Waals surface area (Å²) < 4.78 is 0.725. The van der Waals surface area contributed by atoms with Crippen molar-refractivity contribution in [1.82, 2.24) is 0 Å². The zero-order chi connectivity index (χ0) is 10.7. The summed E-state index contributed by atoms with van der Waals surface area (Å²) in [6, 6.07) is 4.91. The number of benzene rings is 1. The summed E-state index contributed by atoms with van der Waals surface area (Å²) in [6.07, 6.45) is 0. The first-order valence-electron chi connectivity index (χ1n) is 3.62. The molecule has 1 rings (SSSR count). The van der Waals surface area contributed by atoms with Gasteiger partial charge in [-0.05, 0) is 34.7 Å². The van der Waals surface area contributed by atoms with Gasteiger partial charge >= 0.3 is 0 Å². The first-order chi connectivity index (χ1) is 6.60. The molecule has 0 aromatic heterocycles. The zero-order valence-electron chi connectivity index (χ0n) is 6.92. The number of phenols is 1. The lowest BCUT2D eigenvalue weighted by Crippen LogP contribution is -2.04. The molecule has 0 unspecified atom stereocenters. The maximum absolute atomic E-state index is 11.4. The molecule has 0 radical (unpaired) electrons. The van der Waals surface area contributed by atoms with Gasteiger partial charge in [0.25, 0.3) is 0 Å². The van der Waals surface area contributed by atoms with Crippen molar-refractivity contribution in [1.29, 1.82) is 5.26 Å². The number of nitriles is 1. The molecule has 0 fully saturated rings. The molecule has 0 saturated carbocycles. The second-order valence-electron chi connectivity index (χ2n) is 2.52. The Morgan fingerprint density at radius 3 is 2.79 bits per heavy atom. The van der Waals surface area contributed by atoms with E-state index in [9.17, 15) is 9.90 Å². The average Bonchev–Trinajstić information content (AvgIpc) is 2.15. The van der Waals surface area contributed by atoms with E-state index in [1.54, 1.807) is 6.07 Å². The van der Waals surface area contributed by atoms with Gasteiger partial charge < -0.3 is 5.11 Å². The molecule has 0 spiro atoms. The third-order valence-corrected chi connectivity index (χ3v) is 2.74.